The third-order valence-electron chi connectivity index (χ3n) is 3.88. The Morgan fingerprint density at radius 1 is 0.900 bits per heavy atom. The maximum atomic E-state index is 12.2. The molecule has 1 rings (SSSR count). The maximum absolute atomic E-state index is 12.2. The smallest absolute Gasteiger partial charge is 0.323 e. The van der Waals surface area contributed by atoms with Crippen LogP contribution in [0.3, 0.4) is 0 Å². The van der Waals surface area contributed by atoms with E-state index in [9.17, 15) is 19.2 Å². The summed E-state index contributed by atoms with van der Waals surface area (Å²) >= 11 is 0. The van der Waals surface area contributed by atoms with Crippen LogP contribution in [0.4, 0.5) is 0 Å². The van der Waals surface area contributed by atoms with Crippen molar-refractivity contribution in [1.29, 1.82) is 0 Å². The average Bonchev–Trinajstić information content (AvgIpc) is 2.73. The van der Waals surface area contributed by atoms with Crippen molar-refractivity contribution in [3.63, 3.8) is 0 Å². The van der Waals surface area contributed by atoms with Crippen LogP contribution in [0.15, 0.2) is 18.2 Å². The van der Waals surface area contributed by atoms with E-state index >= 15 is 0 Å². The predicted octanol–water partition coefficient (Wildman–Crippen LogP) is 2.07. The van der Waals surface area contributed by atoms with Crippen molar-refractivity contribution in [3.8, 4) is 11.5 Å². The number of nitrogens with two attached hydrogens (primary N) is 1. The Balaban J connectivity index is 2.81. The maximum Gasteiger partial charge on any atom is 0.323 e. The molecule has 30 heavy (non-hydrogen) atoms. The van der Waals surface area contributed by atoms with Gasteiger partial charge in [-0.15, -0.1) is 0 Å². The quantitative estimate of drug-likeness (QED) is 0.419. The second-order valence-electron chi connectivity index (χ2n) is 6.53. The first-order valence-electron chi connectivity index (χ1n) is 9.86. The van der Waals surface area contributed by atoms with Crippen LogP contribution in [0.1, 0.15) is 52.5 Å². The van der Waals surface area contributed by atoms with E-state index < -0.39 is 30.1 Å². The Morgan fingerprint density at radius 3 is 2.03 bits per heavy atom. The number of benzene rings is 1. The highest BCUT2D eigenvalue weighted by Gasteiger charge is 2.21. The average molecular weight is 423 g/mol. The molecule has 9 nitrogen and oxygen atoms in total. The van der Waals surface area contributed by atoms with Crippen LogP contribution in [0, 0.1) is 0 Å². The fraction of sp³-hybridized carbons (Fsp3) is 0.524. The summed E-state index contributed by atoms with van der Waals surface area (Å²) in [7, 11) is 0. The summed E-state index contributed by atoms with van der Waals surface area (Å²) in [6, 6.07) is 3.59. The number of carbonyl (C=O) groups is 4. The Hall–Kier alpha value is -2.94. The summed E-state index contributed by atoms with van der Waals surface area (Å²) < 4.78 is 20.5. The predicted molar refractivity (Wildman–Crippen MR) is 107 cm³/mol. The van der Waals surface area contributed by atoms with Crippen LogP contribution in [-0.4, -0.2) is 42.6 Å². The van der Waals surface area contributed by atoms with E-state index in [0.29, 0.717) is 5.56 Å². The van der Waals surface area contributed by atoms with Crippen LogP contribution in [0.5, 0.6) is 11.5 Å². The van der Waals surface area contributed by atoms with Crippen molar-refractivity contribution >= 4 is 23.9 Å². The highest BCUT2D eigenvalue weighted by Crippen LogP contribution is 2.30. The minimum atomic E-state index is -0.993. The van der Waals surface area contributed by atoms with E-state index in [2.05, 4.69) is 0 Å². The lowest BCUT2D eigenvalue weighted by molar-refractivity contribution is -0.158. The fourth-order valence-electron chi connectivity index (χ4n) is 2.20. The van der Waals surface area contributed by atoms with Crippen molar-refractivity contribution in [2.45, 2.75) is 65.5 Å². The van der Waals surface area contributed by atoms with E-state index in [-0.39, 0.29) is 49.8 Å². The van der Waals surface area contributed by atoms with Gasteiger partial charge in [0.15, 0.2) is 11.5 Å². The van der Waals surface area contributed by atoms with Crippen LogP contribution < -0.4 is 15.2 Å². The van der Waals surface area contributed by atoms with E-state index in [1.165, 1.54) is 12.1 Å². The van der Waals surface area contributed by atoms with Gasteiger partial charge in [0.1, 0.15) is 18.8 Å². The topological polar surface area (TPSA) is 131 Å². The highest BCUT2D eigenvalue weighted by molar-refractivity contribution is 5.77. The summed E-state index contributed by atoms with van der Waals surface area (Å²) in [5, 5.41) is 0. The lowest BCUT2D eigenvalue weighted by atomic mass is 10.1. The molecule has 0 radical (unpaired) electrons. The molecule has 1 aromatic rings. The first-order chi connectivity index (χ1) is 14.2. The monoisotopic (exact) mass is 423 g/mol. The van der Waals surface area contributed by atoms with Gasteiger partial charge in [0.05, 0.1) is 0 Å². The molecule has 0 saturated carbocycles. The summed E-state index contributed by atoms with van der Waals surface area (Å²) in [6.45, 7) is 6.47. The molecule has 0 heterocycles. The molecule has 2 atom stereocenters. The minimum Gasteiger partial charge on any atom is -0.462 e. The summed E-state index contributed by atoms with van der Waals surface area (Å²) in [6.07, 6.45) is -0.0208. The zero-order chi connectivity index (χ0) is 22.7. The van der Waals surface area contributed by atoms with E-state index in [0.717, 1.165) is 0 Å². The normalized spacial score (nSPS) is 12.4. The highest BCUT2D eigenvalue weighted by atomic mass is 16.6. The number of hydrogen-bond acceptors (Lipinski definition) is 9. The number of carbonyl (C=O) groups excluding carboxylic acids is 4. The van der Waals surface area contributed by atoms with Gasteiger partial charge in [0.25, 0.3) is 0 Å². The van der Waals surface area contributed by atoms with Crippen LogP contribution in [0.25, 0.3) is 0 Å². The molecule has 0 saturated heterocycles. The Morgan fingerprint density at radius 2 is 1.47 bits per heavy atom. The van der Waals surface area contributed by atoms with Gasteiger partial charge in [0.2, 0.25) is 0 Å². The number of hydrogen-bond donors (Lipinski definition) is 1. The Bertz CT molecular complexity index is 761. The molecule has 9 heteroatoms. The first kappa shape index (κ1) is 25.1. The molecule has 0 aliphatic rings. The van der Waals surface area contributed by atoms with Gasteiger partial charge in [-0.3, -0.25) is 19.2 Å². The van der Waals surface area contributed by atoms with Gasteiger partial charge in [-0.05, 0) is 31.0 Å². The van der Waals surface area contributed by atoms with Gasteiger partial charge in [-0.1, -0.05) is 26.8 Å². The minimum absolute atomic E-state index is 0.0558. The molecule has 0 aliphatic heterocycles. The Labute approximate surface area is 175 Å². The van der Waals surface area contributed by atoms with Gasteiger partial charge in [-0.25, -0.2) is 0 Å². The SMILES string of the molecule is CCC(=O)OC[C@H](C)OC(=O)[C@@H](N)Cc1ccc(OC(=O)CC)c(OC(=O)CC)c1. The second kappa shape index (κ2) is 12.6. The molecule has 0 spiro atoms. The standard InChI is InChI=1S/C21H29NO8/c1-5-18(23)27-12-13(4)28-21(26)15(22)10-14-8-9-16(29-19(24)6-2)17(11-14)30-20(25)7-3/h8-9,11,13,15H,5-7,10,12,22H2,1-4H3/t13-,15-/m0/s1. The molecule has 0 aliphatic carbocycles. The molecular weight excluding hydrogens is 394 g/mol. The summed E-state index contributed by atoms with van der Waals surface area (Å²) in [4.78, 5) is 46.6. The zero-order valence-electron chi connectivity index (χ0n) is 17.8. The van der Waals surface area contributed by atoms with Crippen molar-refractivity contribution in [3.05, 3.63) is 23.8 Å². The van der Waals surface area contributed by atoms with Crippen LogP contribution in [-0.2, 0) is 35.1 Å². The fourth-order valence-corrected chi connectivity index (χ4v) is 2.20. The van der Waals surface area contributed by atoms with E-state index in [1.807, 2.05) is 0 Å². The number of esters is 4. The van der Waals surface area contributed by atoms with E-state index in [1.54, 1.807) is 33.8 Å². The van der Waals surface area contributed by atoms with Crippen molar-refractivity contribution in [2.24, 2.45) is 5.73 Å². The molecule has 2 N–H and O–H groups in total. The molecule has 0 amide bonds. The van der Waals surface area contributed by atoms with Crippen molar-refractivity contribution in [1.82, 2.24) is 0 Å². The summed E-state index contributed by atoms with van der Waals surface area (Å²) in [5.41, 5.74) is 6.51. The third kappa shape index (κ3) is 8.60. The molecular formula is C21H29NO8. The van der Waals surface area contributed by atoms with Crippen molar-refractivity contribution < 1.29 is 38.1 Å². The molecule has 0 fully saturated rings. The van der Waals surface area contributed by atoms with Crippen molar-refractivity contribution in [2.75, 3.05) is 6.61 Å². The van der Waals surface area contributed by atoms with Gasteiger partial charge >= 0.3 is 23.9 Å². The number of ether oxygens (including phenoxy) is 4. The second-order valence-corrected chi connectivity index (χ2v) is 6.53. The molecule has 166 valence electrons. The molecule has 1 aromatic carbocycles. The largest absolute Gasteiger partial charge is 0.462 e. The molecule has 0 bridgehead atoms. The summed E-state index contributed by atoms with van der Waals surface area (Å²) in [5.74, 6) is -1.85. The van der Waals surface area contributed by atoms with Crippen LogP contribution in [0.2, 0.25) is 0 Å². The Kier molecular flexibility index (Phi) is 10.5. The number of rotatable bonds is 11. The third-order valence-corrected chi connectivity index (χ3v) is 3.88. The lowest BCUT2D eigenvalue weighted by Crippen LogP contribution is -2.37. The lowest BCUT2D eigenvalue weighted by Gasteiger charge is -2.17. The first-order valence-corrected chi connectivity index (χ1v) is 9.86. The molecule has 0 aromatic heterocycles. The van der Waals surface area contributed by atoms with Gasteiger partial charge in [0, 0.05) is 19.3 Å². The zero-order valence-corrected chi connectivity index (χ0v) is 17.8. The van der Waals surface area contributed by atoms with E-state index in [4.69, 9.17) is 24.7 Å². The molecule has 0 unspecified atom stereocenters. The van der Waals surface area contributed by atoms with Crippen LogP contribution >= 0.6 is 0 Å². The van der Waals surface area contributed by atoms with Gasteiger partial charge in [-0.2, -0.15) is 0 Å². The van der Waals surface area contributed by atoms with Gasteiger partial charge < -0.3 is 24.7 Å².